The van der Waals surface area contributed by atoms with Crippen LogP contribution in [-0.4, -0.2) is 16.0 Å². The SMILES string of the molecule is C[C@@H](c1ccc(-c2cc[nH]c(=O)c2)cc1)N1C=C[C@](CC(C)(C)C#N)(c2ccccc2)OC1=O. The van der Waals surface area contributed by atoms with Gasteiger partial charge in [-0.25, -0.2) is 4.79 Å². The number of carbonyl (C=O) groups is 1. The maximum absolute atomic E-state index is 13.2. The molecule has 1 aliphatic heterocycles. The maximum atomic E-state index is 13.2. The third kappa shape index (κ3) is 4.65. The van der Waals surface area contributed by atoms with E-state index < -0.39 is 17.1 Å². The summed E-state index contributed by atoms with van der Waals surface area (Å²) in [4.78, 5) is 29.0. The van der Waals surface area contributed by atoms with Crippen molar-refractivity contribution in [1.29, 1.82) is 5.26 Å². The van der Waals surface area contributed by atoms with Crippen LogP contribution in [0.25, 0.3) is 11.1 Å². The predicted octanol–water partition coefficient (Wildman–Crippen LogP) is 5.90. The molecule has 2 atom stereocenters. The summed E-state index contributed by atoms with van der Waals surface area (Å²) in [5.74, 6) is 0. The average Bonchev–Trinajstić information content (AvgIpc) is 2.84. The first kappa shape index (κ1) is 23.1. The number of ether oxygens (including phenoxy) is 1. The second-order valence-electron chi connectivity index (χ2n) is 9.26. The second kappa shape index (κ2) is 9.03. The lowest BCUT2D eigenvalue weighted by Crippen LogP contribution is -2.44. The van der Waals surface area contributed by atoms with Crippen LogP contribution in [0, 0.1) is 16.7 Å². The number of aromatic amines is 1. The van der Waals surface area contributed by atoms with Crippen LogP contribution in [0.15, 0.2) is 90.0 Å². The normalized spacial score (nSPS) is 18.8. The van der Waals surface area contributed by atoms with Gasteiger partial charge in [0.15, 0.2) is 5.60 Å². The lowest BCUT2D eigenvalue weighted by molar-refractivity contribution is -0.0110. The first-order valence-electron chi connectivity index (χ1n) is 11.2. The standard InChI is InChI=1S/C28H27N3O3/c1-20(21-9-11-22(12-10-21)23-13-15-30-25(32)17-23)31-16-14-28(34-26(31)33,18-27(2,3)19-29)24-7-5-4-6-8-24/h4-17,20H,18H2,1-3H3,(H,30,32)/t20-,28-/m0/s1. The zero-order valence-corrected chi connectivity index (χ0v) is 19.5. The van der Waals surface area contributed by atoms with Crippen LogP contribution in [0.1, 0.15) is 44.4 Å². The summed E-state index contributed by atoms with van der Waals surface area (Å²) in [6.07, 6.45) is 5.14. The summed E-state index contributed by atoms with van der Waals surface area (Å²) >= 11 is 0. The average molecular weight is 454 g/mol. The number of carbonyl (C=O) groups excluding carboxylic acids is 1. The molecule has 34 heavy (non-hydrogen) atoms. The molecule has 4 rings (SSSR count). The Labute approximate surface area is 199 Å². The van der Waals surface area contributed by atoms with Crippen LogP contribution in [0.5, 0.6) is 0 Å². The van der Waals surface area contributed by atoms with Crippen molar-refractivity contribution in [2.75, 3.05) is 0 Å². The Morgan fingerprint density at radius 3 is 2.38 bits per heavy atom. The van der Waals surface area contributed by atoms with Gasteiger partial charge in [0.25, 0.3) is 0 Å². The molecule has 6 heteroatoms. The van der Waals surface area contributed by atoms with Crippen molar-refractivity contribution in [3.05, 3.63) is 107 Å². The zero-order chi connectivity index (χ0) is 24.3. The number of hydrogen-bond donors (Lipinski definition) is 1. The van der Waals surface area contributed by atoms with E-state index in [1.54, 1.807) is 23.4 Å². The molecular formula is C28H27N3O3. The number of H-pyrrole nitrogens is 1. The third-order valence-corrected chi connectivity index (χ3v) is 6.17. The number of amides is 1. The molecule has 1 aliphatic rings. The summed E-state index contributed by atoms with van der Waals surface area (Å²) in [5.41, 5.74) is 1.64. The lowest BCUT2D eigenvalue weighted by atomic mass is 9.77. The Kier molecular flexibility index (Phi) is 6.12. The van der Waals surface area contributed by atoms with Gasteiger partial charge in [-0.15, -0.1) is 0 Å². The number of benzene rings is 2. The number of rotatable bonds is 6. The van der Waals surface area contributed by atoms with E-state index >= 15 is 0 Å². The van der Waals surface area contributed by atoms with Crippen LogP contribution >= 0.6 is 0 Å². The van der Waals surface area contributed by atoms with Crippen LogP contribution in [-0.2, 0) is 10.3 Å². The zero-order valence-electron chi connectivity index (χ0n) is 19.5. The fourth-order valence-electron chi connectivity index (χ4n) is 4.30. The molecule has 0 bridgehead atoms. The van der Waals surface area contributed by atoms with E-state index in [-0.39, 0.29) is 11.6 Å². The molecule has 1 amide bonds. The monoisotopic (exact) mass is 453 g/mol. The van der Waals surface area contributed by atoms with Crippen molar-refractivity contribution in [3.8, 4) is 17.2 Å². The number of cyclic esters (lactones) is 1. The number of nitriles is 1. The fraction of sp³-hybridized carbons (Fsp3) is 0.250. The Balaban J connectivity index is 1.62. The molecule has 0 aliphatic carbocycles. The summed E-state index contributed by atoms with van der Waals surface area (Å²) in [6.45, 7) is 5.62. The van der Waals surface area contributed by atoms with Gasteiger partial charge in [-0.2, -0.15) is 5.26 Å². The van der Waals surface area contributed by atoms with E-state index in [2.05, 4.69) is 11.1 Å². The largest absolute Gasteiger partial charge is 0.433 e. The number of hydrogen-bond acceptors (Lipinski definition) is 4. The minimum absolute atomic E-state index is 0.155. The van der Waals surface area contributed by atoms with E-state index in [1.807, 2.05) is 87.5 Å². The van der Waals surface area contributed by atoms with Crippen molar-refractivity contribution in [1.82, 2.24) is 9.88 Å². The molecule has 0 saturated carbocycles. The Bertz CT molecular complexity index is 1300. The van der Waals surface area contributed by atoms with E-state index in [1.165, 1.54) is 0 Å². The Hall–Kier alpha value is -4.11. The van der Waals surface area contributed by atoms with Gasteiger partial charge in [0.1, 0.15) is 0 Å². The van der Waals surface area contributed by atoms with Gasteiger partial charge < -0.3 is 9.72 Å². The van der Waals surface area contributed by atoms with E-state index in [9.17, 15) is 14.9 Å². The van der Waals surface area contributed by atoms with Crippen molar-refractivity contribution in [2.24, 2.45) is 5.41 Å². The molecule has 0 fully saturated rings. The van der Waals surface area contributed by atoms with Crippen LogP contribution < -0.4 is 5.56 Å². The molecule has 2 aromatic carbocycles. The highest BCUT2D eigenvalue weighted by atomic mass is 16.6. The van der Waals surface area contributed by atoms with Crippen LogP contribution in [0.3, 0.4) is 0 Å². The predicted molar refractivity (Wildman–Crippen MR) is 131 cm³/mol. The topological polar surface area (TPSA) is 86.2 Å². The minimum Gasteiger partial charge on any atom is -0.433 e. The van der Waals surface area contributed by atoms with Gasteiger partial charge in [0.2, 0.25) is 5.56 Å². The summed E-state index contributed by atoms with van der Waals surface area (Å²) < 4.78 is 6.07. The highest BCUT2D eigenvalue weighted by Crippen LogP contribution is 2.42. The molecule has 0 saturated heterocycles. The van der Waals surface area contributed by atoms with Gasteiger partial charge in [-0.3, -0.25) is 9.69 Å². The molecule has 172 valence electrons. The van der Waals surface area contributed by atoms with Crippen molar-refractivity contribution in [3.63, 3.8) is 0 Å². The smallest absolute Gasteiger partial charge is 0.415 e. The Morgan fingerprint density at radius 1 is 1.06 bits per heavy atom. The van der Waals surface area contributed by atoms with Gasteiger partial charge in [0.05, 0.1) is 17.5 Å². The highest BCUT2D eigenvalue weighted by molar-refractivity contribution is 5.72. The minimum atomic E-state index is -1.02. The number of aromatic nitrogens is 1. The van der Waals surface area contributed by atoms with Crippen molar-refractivity contribution in [2.45, 2.75) is 38.8 Å². The lowest BCUT2D eigenvalue weighted by Gasteiger charge is -2.41. The summed E-state index contributed by atoms with van der Waals surface area (Å²) in [6, 6.07) is 22.7. The van der Waals surface area contributed by atoms with E-state index in [4.69, 9.17) is 4.74 Å². The van der Waals surface area contributed by atoms with Gasteiger partial charge >= 0.3 is 6.09 Å². The first-order valence-corrected chi connectivity index (χ1v) is 11.2. The van der Waals surface area contributed by atoms with Crippen LogP contribution in [0.4, 0.5) is 4.79 Å². The van der Waals surface area contributed by atoms with Gasteiger partial charge in [0, 0.05) is 24.9 Å². The molecule has 6 nitrogen and oxygen atoms in total. The summed E-state index contributed by atoms with van der Waals surface area (Å²) in [7, 11) is 0. The molecule has 0 spiro atoms. The number of nitrogens with zero attached hydrogens (tertiary/aromatic N) is 2. The molecule has 0 unspecified atom stereocenters. The quantitative estimate of drug-likeness (QED) is 0.503. The molecule has 2 heterocycles. The highest BCUT2D eigenvalue weighted by Gasteiger charge is 2.44. The second-order valence-corrected chi connectivity index (χ2v) is 9.26. The van der Waals surface area contributed by atoms with Gasteiger partial charge in [-0.1, -0.05) is 54.6 Å². The van der Waals surface area contributed by atoms with Gasteiger partial charge in [-0.05, 0) is 55.2 Å². The van der Waals surface area contributed by atoms with Crippen LogP contribution in [0.2, 0.25) is 0 Å². The fourth-order valence-corrected chi connectivity index (χ4v) is 4.30. The molecule has 1 aromatic heterocycles. The molecule has 3 aromatic rings. The van der Waals surface area contributed by atoms with Crippen molar-refractivity contribution < 1.29 is 9.53 Å². The van der Waals surface area contributed by atoms with Crippen molar-refractivity contribution >= 4 is 6.09 Å². The Morgan fingerprint density at radius 2 is 1.76 bits per heavy atom. The molecule has 1 N–H and O–H groups in total. The molecule has 0 radical (unpaired) electrons. The summed E-state index contributed by atoms with van der Waals surface area (Å²) in [5, 5.41) is 9.62. The first-order chi connectivity index (χ1) is 16.2. The number of nitrogens with one attached hydrogen (secondary N) is 1. The third-order valence-electron chi connectivity index (χ3n) is 6.17. The maximum Gasteiger partial charge on any atom is 0.415 e. The number of pyridine rings is 1. The molecular weight excluding hydrogens is 426 g/mol. The van der Waals surface area contributed by atoms with E-state index in [0.717, 1.165) is 22.3 Å². The van der Waals surface area contributed by atoms with E-state index in [0.29, 0.717) is 6.42 Å².